The van der Waals surface area contributed by atoms with E-state index in [0.717, 1.165) is 12.8 Å². The van der Waals surface area contributed by atoms with E-state index in [9.17, 15) is 14.7 Å². The van der Waals surface area contributed by atoms with E-state index in [4.69, 9.17) is 9.47 Å². The van der Waals surface area contributed by atoms with Crippen LogP contribution in [0.2, 0.25) is 0 Å². The molecule has 0 spiro atoms. The summed E-state index contributed by atoms with van der Waals surface area (Å²) in [5.74, 6) is -0.292. The zero-order valence-corrected chi connectivity index (χ0v) is 13.5. The van der Waals surface area contributed by atoms with Gasteiger partial charge in [0, 0.05) is 19.0 Å². The smallest absolute Gasteiger partial charge is 0.411 e. The van der Waals surface area contributed by atoms with Gasteiger partial charge in [0.05, 0.1) is 5.37 Å². The average Bonchev–Trinajstić information content (AvgIpc) is 2.82. The second kappa shape index (κ2) is 6.44. The number of amides is 1. The van der Waals surface area contributed by atoms with Gasteiger partial charge in [0.2, 0.25) is 0 Å². The molecular weight excluding hydrogens is 294 g/mol. The predicted octanol–water partition coefficient (Wildman–Crippen LogP) is 2.18. The minimum atomic E-state index is -0.970. The van der Waals surface area contributed by atoms with E-state index >= 15 is 0 Å². The van der Waals surface area contributed by atoms with Crippen molar-refractivity contribution in [2.45, 2.75) is 50.6 Å². The van der Waals surface area contributed by atoms with Crippen molar-refractivity contribution in [1.29, 1.82) is 0 Å². The number of carboxylic acid groups (broad SMARTS) is 1. The Morgan fingerprint density at radius 1 is 1.29 bits per heavy atom. The van der Waals surface area contributed by atoms with Crippen LogP contribution in [-0.4, -0.2) is 58.1 Å². The van der Waals surface area contributed by atoms with Crippen LogP contribution < -0.4 is 0 Å². The van der Waals surface area contributed by atoms with Gasteiger partial charge >= 0.3 is 12.1 Å². The van der Waals surface area contributed by atoms with Crippen molar-refractivity contribution in [3.63, 3.8) is 0 Å². The van der Waals surface area contributed by atoms with Gasteiger partial charge in [0.25, 0.3) is 0 Å². The van der Waals surface area contributed by atoms with E-state index in [2.05, 4.69) is 0 Å². The number of carbonyl (C=O) groups excluding carboxylic acids is 1. The molecule has 1 N–H and O–H groups in total. The Hall–Kier alpha value is -0.950. The van der Waals surface area contributed by atoms with Gasteiger partial charge in [-0.3, -0.25) is 4.90 Å². The molecule has 0 radical (unpaired) electrons. The van der Waals surface area contributed by atoms with Crippen LogP contribution in [0.4, 0.5) is 4.79 Å². The minimum absolute atomic E-state index is 0.134. The monoisotopic (exact) mass is 317 g/mol. The van der Waals surface area contributed by atoms with E-state index in [1.54, 1.807) is 20.8 Å². The molecule has 120 valence electrons. The predicted molar refractivity (Wildman–Crippen MR) is 79.3 cm³/mol. The van der Waals surface area contributed by atoms with Crippen molar-refractivity contribution in [3.05, 3.63) is 0 Å². The number of thioether (sulfide) groups is 1. The number of hydrogen-bond donors (Lipinski definition) is 1. The van der Waals surface area contributed by atoms with Crippen LogP contribution in [0.25, 0.3) is 0 Å². The zero-order valence-electron chi connectivity index (χ0n) is 12.7. The van der Waals surface area contributed by atoms with Crippen LogP contribution in [0.3, 0.4) is 0 Å². The summed E-state index contributed by atoms with van der Waals surface area (Å²) in [5.41, 5.74) is -0.631. The van der Waals surface area contributed by atoms with Gasteiger partial charge in [-0.1, -0.05) is 0 Å². The van der Waals surface area contributed by atoms with Crippen LogP contribution in [0, 0.1) is 5.92 Å². The SMILES string of the molecule is CC(C)(C)OC(=O)N1C(C(=O)O)CSC1C1CCOCC1. The topological polar surface area (TPSA) is 76.1 Å². The quantitative estimate of drug-likeness (QED) is 0.841. The highest BCUT2D eigenvalue weighted by Crippen LogP contribution is 2.39. The number of hydrogen-bond acceptors (Lipinski definition) is 5. The first-order valence-electron chi connectivity index (χ1n) is 7.23. The van der Waals surface area contributed by atoms with E-state index in [1.807, 2.05) is 0 Å². The first kappa shape index (κ1) is 16.4. The standard InChI is InChI=1S/C14H23NO5S/c1-14(2,3)20-13(18)15-10(12(16)17)8-21-11(15)9-4-6-19-7-5-9/h9-11H,4-8H2,1-3H3,(H,16,17). The number of carbonyl (C=O) groups is 2. The van der Waals surface area contributed by atoms with Crippen molar-refractivity contribution >= 4 is 23.8 Å². The molecule has 2 saturated heterocycles. The summed E-state index contributed by atoms with van der Waals surface area (Å²) < 4.78 is 10.8. The molecule has 0 aromatic heterocycles. The first-order chi connectivity index (χ1) is 9.79. The number of nitrogens with zero attached hydrogens (tertiary/aromatic N) is 1. The van der Waals surface area contributed by atoms with Crippen LogP contribution in [-0.2, 0) is 14.3 Å². The molecule has 2 heterocycles. The molecule has 2 aliphatic rings. The molecule has 0 aliphatic carbocycles. The van der Waals surface area contributed by atoms with E-state index in [-0.39, 0.29) is 11.3 Å². The highest BCUT2D eigenvalue weighted by atomic mass is 32.2. The van der Waals surface area contributed by atoms with Crippen LogP contribution in [0.1, 0.15) is 33.6 Å². The van der Waals surface area contributed by atoms with Gasteiger partial charge < -0.3 is 14.6 Å². The zero-order chi connectivity index (χ0) is 15.6. The third-order valence-corrected chi connectivity index (χ3v) is 5.06. The Balaban J connectivity index is 2.15. The maximum atomic E-state index is 12.4. The van der Waals surface area contributed by atoms with Crippen molar-refractivity contribution in [3.8, 4) is 0 Å². The van der Waals surface area contributed by atoms with Gasteiger partial charge in [-0.05, 0) is 39.5 Å². The highest BCUT2D eigenvalue weighted by molar-refractivity contribution is 8.00. The summed E-state index contributed by atoms with van der Waals surface area (Å²) in [7, 11) is 0. The first-order valence-corrected chi connectivity index (χ1v) is 8.28. The molecule has 2 aliphatic heterocycles. The fourth-order valence-corrected chi connectivity index (χ4v) is 4.25. The number of aliphatic carboxylic acids is 1. The lowest BCUT2D eigenvalue weighted by atomic mass is 9.99. The molecule has 0 aromatic carbocycles. The van der Waals surface area contributed by atoms with Gasteiger partial charge in [-0.25, -0.2) is 9.59 Å². The molecule has 2 atom stereocenters. The summed E-state index contributed by atoms with van der Waals surface area (Å²) in [6.07, 6.45) is 1.17. The third-order valence-electron chi connectivity index (χ3n) is 3.59. The Labute approximate surface area is 129 Å². The molecule has 2 fully saturated rings. The third kappa shape index (κ3) is 4.03. The fraction of sp³-hybridized carbons (Fsp3) is 0.857. The molecule has 0 saturated carbocycles. The minimum Gasteiger partial charge on any atom is -0.480 e. The molecule has 0 aromatic rings. The van der Waals surface area contributed by atoms with Crippen LogP contribution in [0.5, 0.6) is 0 Å². The number of carboxylic acids is 1. The number of rotatable bonds is 2. The maximum absolute atomic E-state index is 12.4. The Morgan fingerprint density at radius 3 is 2.43 bits per heavy atom. The summed E-state index contributed by atoms with van der Waals surface area (Å²) in [6, 6.07) is -0.808. The Kier molecular flexibility index (Phi) is 5.03. The van der Waals surface area contributed by atoms with E-state index in [1.165, 1.54) is 16.7 Å². The summed E-state index contributed by atoms with van der Waals surface area (Å²) in [4.78, 5) is 25.3. The van der Waals surface area contributed by atoms with Crippen molar-refractivity contribution < 1.29 is 24.2 Å². The summed E-state index contributed by atoms with van der Waals surface area (Å²) >= 11 is 1.54. The lowest BCUT2D eigenvalue weighted by molar-refractivity contribution is -0.142. The van der Waals surface area contributed by atoms with Crippen LogP contribution in [0.15, 0.2) is 0 Å². The van der Waals surface area contributed by atoms with E-state index < -0.39 is 23.7 Å². The number of ether oxygens (including phenoxy) is 2. The van der Waals surface area contributed by atoms with Crippen molar-refractivity contribution in [2.75, 3.05) is 19.0 Å². The van der Waals surface area contributed by atoms with Crippen LogP contribution >= 0.6 is 11.8 Å². The molecule has 2 rings (SSSR count). The summed E-state index contributed by atoms with van der Waals surface area (Å²) in [6.45, 7) is 6.69. The molecule has 0 bridgehead atoms. The van der Waals surface area contributed by atoms with Gasteiger partial charge in [0.15, 0.2) is 0 Å². The van der Waals surface area contributed by atoms with E-state index in [0.29, 0.717) is 19.0 Å². The van der Waals surface area contributed by atoms with Gasteiger partial charge in [-0.2, -0.15) is 0 Å². The molecule has 1 amide bonds. The normalized spacial score (nSPS) is 27.7. The average molecular weight is 317 g/mol. The Bertz CT molecular complexity index is 403. The second-order valence-corrected chi connectivity index (χ2v) is 7.56. The van der Waals surface area contributed by atoms with Gasteiger partial charge in [-0.15, -0.1) is 11.8 Å². The lowest BCUT2D eigenvalue weighted by Gasteiger charge is -2.35. The van der Waals surface area contributed by atoms with Crippen molar-refractivity contribution in [1.82, 2.24) is 4.90 Å². The maximum Gasteiger partial charge on any atom is 0.411 e. The summed E-state index contributed by atoms with van der Waals surface area (Å²) in [5, 5.41) is 9.23. The van der Waals surface area contributed by atoms with Gasteiger partial charge in [0.1, 0.15) is 11.6 Å². The molecule has 6 nitrogen and oxygen atoms in total. The molecule has 7 heteroatoms. The molecular formula is C14H23NO5S. The van der Waals surface area contributed by atoms with Crippen molar-refractivity contribution in [2.24, 2.45) is 5.92 Å². The molecule has 2 unspecified atom stereocenters. The largest absolute Gasteiger partial charge is 0.480 e. The lowest BCUT2D eigenvalue weighted by Crippen LogP contribution is -2.50. The second-order valence-electron chi connectivity index (χ2n) is 6.42. The molecule has 21 heavy (non-hydrogen) atoms. The Morgan fingerprint density at radius 2 is 1.90 bits per heavy atom. The highest BCUT2D eigenvalue weighted by Gasteiger charge is 2.46. The fourth-order valence-electron chi connectivity index (χ4n) is 2.63.